The van der Waals surface area contributed by atoms with Crippen molar-refractivity contribution in [2.75, 3.05) is 24.3 Å². The molecule has 1 aromatic rings. The second-order valence-electron chi connectivity index (χ2n) is 4.74. The smallest absolute Gasteiger partial charge is 0.286 e. The topological polar surface area (TPSA) is 61.8 Å². The van der Waals surface area contributed by atoms with Crippen molar-refractivity contribution in [3.63, 3.8) is 0 Å². The second-order valence-corrected chi connectivity index (χ2v) is 7.88. The van der Waals surface area contributed by atoms with Crippen LogP contribution in [0.15, 0.2) is 27.5 Å². The fourth-order valence-corrected chi connectivity index (χ4v) is 3.79. The molecule has 104 valence electrons. The normalized spacial score (nSPS) is 16.6. The van der Waals surface area contributed by atoms with E-state index in [0.717, 1.165) is 5.69 Å². The van der Waals surface area contributed by atoms with Gasteiger partial charge in [0.2, 0.25) is 0 Å². The Morgan fingerprint density at radius 2 is 2.00 bits per heavy atom. The highest BCUT2D eigenvalue weighted by Crippen LogP contribution is 2.33. The number of anilines is 2. The average Bonchev–Trinajstić information content (AvgIpc) is 2.26. The molecule has 1 aliphatic rings. The fraction of sp³-hybridized carbons (Fsp3) is 0.417. The minimum atomic E-state index is -3.61. The number of nitrogens with zero attached hydrogens (tertiary/aromatic N) is 2. The van der Waals surface area contributed by atoms with Crippen LogP contribution >= 0.6 is 11.8 Å². The zero-order valence-electron chi connectivity index (χ0n) is 11.3. The molecular formula is C12H17N3O2S2. The number of nitrogens with one attached hydrogen (secondary N) is 1. The lowest BCUT2D eigenvalue weighted by molar-refractivity contribution is 0.598. The van der Waals surface area contributed by atoms with Crippen LogP contribution in [0.3, 0.4) is 0 Å². The molecule has 5 nitrogen and oxygen atoms in total. The van der Waals surface area contributed by atoms with Crippen molar-refractivity contribution >= 4 is 38.3 Å². The first kappa shape index (κ1) is 14.2. The maximum absolute atomic E-state index is 12.2. The molecule has 0 atom stereocenters. The maximum Gasteiger partial charge on any atom is 0.286 e. The van der Waals surface area contributed by atoms with Gasteiger partial charge in [-0.15, -0.1) is 4.40 Å². The SMILES string of the molecule is CC(C)SC1=NS(=O)(=O)c2cc(N(C)C)ccc2N1. The summed E-state index contributed by atoms with van der Waals surface area (Å²) in [5, 5.41) is 3.76. The summed E-state index contributed by atoms with van der Waals surface area (Å²) in [6.07, 6.45) is 0. The molecule has 1 aliphatic heterocycles. The van der Waals surface area contributed by atoms with E-state index in [0.29, 0.717) is 10.9 Å². The quantitative estimate of drug-likeness (QED) is 0.908. The molecule has 1 aromatic carbocycles. The van der Waals surface area contributed by atoms with Crippen LogP contribution in [-0.4, -0.2) is 32.9 Å². The van der Waals surface area contributed by atoms with Crippen molar-refractivity contribution in [2.45, 2.75) is 24.0 Å². The molecule has 0 radical (unpaired) electrons. The van der Waals surface area contributed by atoms with E-state index in [1.54, 1.807) is 12.1 Å². The highest BCUT2D eigenvalue weighted by atomic mass is 32.2. The number of rotatable bonds is 2. The lowest BCUT2D eigenvalue weighted by Gasteiger charge is -2.21. The van der Waals surface area contributed by atoms with E-state index in [4.69, 9.17) is 0 Å². The largest absolute Gasteiger partial charge is 0.378 e. The number of hydrogen-bond donors (Lipinski definition) is 1. The second kappa shape index (κ2) is 5.05. The summed E-state index contributed by atoms with van der Waals surface area (Å²) < 4.78 is 28.2. The van der Waals surface area contributed by atoms with E-state index in [1.807, 2.05) is 38.9 Å². The van der Waals surface area contributed by atoms with Crippen LogP contribution in [0.25, 0.3) is 0 Å². The molecule has 1 N–H and O–H groups in total. The van der Waals surface area contributed by atoms with E-state index in [9.17, 15) is 8.42 Å². The average molecular weight is 299 g/mol. The van der Waals surface area contributed by atoms with Crippen molar-refractivity contribution in [2.24, 2.45) is 4.40 Å². The van der Waals surface area contributed by atoms with Crippen LogP contribution in [0, 0.1) is 0 Å². The zero-order valence-corrected chi connectivity index (χ0v) is 13.0. The molecule has 0 saturated heterocycles. The number of hydrogen-bond acceptors (Lipinski definition) is 5. The Morgan fingerprint density at radius 3 is 2.58 bits per heavy atom. The highest BCUT2D eigenvalue weighted by molar-refractivity contribution is 8.15. The minimum absolute atomic E-state index is 0.229. The third kappa shape index (κ3) is 3.03. The van der Waals surface area contributed by atoms with Crippen molar-refractivity contribution in [3.8, 4) is 0 Å². The number of benzene rings is 1. The summed E-state index contributed by atoms with van der Waals surface area (Å²) in [4.78, 5) is 2.09. The molecule has 0 aromatic heterocycles. The maximum atomic E-state index is 12.2. The Labute approximate surface area is 118 Å². The van der Waals surface area contributed by atoms with Gasteiger partial charge in [0.05, 0.1) is 5.69 Å². The van der Waals surface area contributed by atoms with Gasteiger partial charge in [-0.25, -0.2) is 0 Å². The Hall–Kier alpha value is -1.21. The fourth-order valence-electron chi connectivity index (χ4n) is 1.68. The van der Waals surface area contributed by atoms with Gasteiger partial charge >= 0.3 is 0 Å². The monoisotopic (exact) mass is 299 g/mol. The molecule has 0 amide bonds. The molecule has 0 fully saturated rings. The molecule has 0 unspecified atom stereocenters. The summed E-state index contributed by atoms with van der Waals surface area (Å²) >= 11 is 1.40. The van der Waals surface area contributed by atoms with Gasteiger partial charge in [0.25, 0.3) is 10.0 Å². The Morgan fingerprint density at radius 1 is 1.32 bits per heavy atom. The van der Waals surface area contributed by atoms with E-state index < -0.39 is 10.0 Å². The lowest BCUT2D eigenvalue weighted by Crippen LogP contribution is -2.21. The summed E-state index contributed by atoms with van der Waals surface area (Å²) in [5.41, 5.74) is 1.42. The molecule has 0 spiro atoms. The summed E-state index contributed by atoms with van der Waals surface area (Å²) in [7, 11) is 0.123. The van der Waals surface area contributed by atoms with Crippen molar-refractivity contribution in [1.82, 2.24) is 0 Å². The summed E-state index contributed by atoms with van der Waals surface area (Å²) in [5.74, 6) is 0. The third-order valence-corrected chi connectivity index (χ3v) is 4.87. The summed E-state index contributed by atoms with van der Waals surface area (Å²) in [6.45, 7) is 3.98. The molecule has 7 heteroatoms. The van der Waals surface area contributed by atoms with Gasteiger partial charge in [-0.1, -0.05) is 25.6 Å². The minimum Gasteiger partial charge on any atom is -0.378 e. The highest BCUT2D eigenvalue weighted by Gasteiger charge is 2.26. The van der Waals surface area contributed by atoms with Crippen molar-refractivity contribution in [1.29, 1.82) is 0 Å². The number of thioether (sulfide) groups is 1. The molecule has 0 aliphatic carbocycles. The standard InChI is InChI=1S/C12H17N3O2S2/c1-8(2)18-12-13-10-6-5-9(15(3)4)7-11(10)19(16,17)14-12/h5-8H,1-4H3,(H,13,14). The number of amidine groups is 1. The van der Waals surface area contributed by atoms with Crippen LogP contribution in [0.5, 0.6) is 0 Å². The zero-order chi connectivity index (χ0) is 14.2. The van der Waals surface area contributed by atoms with E-state index in [-0.39, 0.29) is 10.1 Å². The van der Waals surface area contributed by atoms with Crippen LogP contribution in [-0.2, 0) is 10.0 Å². The first-order chi connectivity index (χ1) is 8.79. The molecular weight excluding hydrogens is 282 g/mol. The molecule has 19 heavy (non-hydrogen) atoms. The summed E-state index contributed by atoms with van der Waals surface area (Å²) in [6, 6.07) is 5.29. The van der Waals surface area contributed by atoms with Gasteiger partial charge in [-0.3, -0.25) is 0 Å². The van der Waals surface area contributed by atoms with Crippen LogP contribution in [0.2, 0.25) is 0 Å². The van der Waals surface area contributed by atoms with E-state index in [1.165, 1.54) is 11.8 Å². The van der Waals surface area contributed by atoms with Crippen LogP contribution < -0.4 is 10.2 Å². The predicted octanol–water partition coefficient (Wildman–Crippen LogP) is 2.36. The Bertz CT molecular complexity index is 622. The number of sulfonamides is 1. The van der Waals surface area contributed by atoms with Crippen molar-refractivity contribution < 1.29 is 8.42 Å². The van der Waals surface area contributed by atoms with Gasteiger partial charge in [0.1, 0.15) is 4.90 Å². The van der Waals surface area contributed by atoms with Crippen LogP contribution in [0.4, 0.5) is 11.4 Å². The van der Waals surface area contributed by atoms with Crippen LogP contribution in [0.1, 0.15) is 13.8 Å². The number of fused-ring (bicyclic) bond motifs is 1. The Balaban J connectivity index is 2.46. The first-order valence-electron chi connectivity index (χ1n) is 5.89. The van der Waals surface area contributed by atoms with Gasteiger partial charge in [0.15, 0.2) is 5.17 Å². The lowest BCUT2D eigenvalue weighted by atomic mass is 10.2. The molecule has 0 bridgehead atoms. The van der Waals surface area contributed by atoms with Crippen molar-refractivity contribution in [3.05, 3.63) is 18.2 Å². The van der Waals surface area contributed by atoms with Gasteiger partial charge < -0.3 is 10.2 Å². The van der Waals surface area contributed by atoms with E-state index >= 15 is 0 Å². The third-order valence-electron chi connectivity index (χ3n) is 2.55. The van der Waals surface area contributed by atoms with Gasteiger partial charge in [-0.2, -0.15) is 8.42 Å². The molecule has 2 rings (SSSR count). The first-order valence-corrected chi connectivity index (χ1v) is 8.21. The molecule has 1 heterocycles. The predicted molar refractivity (Wildman–Crippen MR) is 81.7 cm³/mol. The molecule has 0 saturated carbocycles. The Kier molecular flexibility index (Phi) is 3.78. The van der Waals surface area contributed by atoms with E-state index in [2.05, 4.69) is 9.71 Å². The van der Waals surface area contributed by atoms with Gasteiger partial charge in [0, 0.05) is 25.0 Å². The van der Waals surface area contributed by atoms with Gasteiger partial charge in [-0.05, 0) is 18.2 Å².